The minimum absolute atomic E-state index is 0.125. The average Bonchev–Trinajstić information content (AvgIpc) is 2.83. The van der Waals surface area contributed by atoms with Crippen molar-refractivity contribution in [3.63, 3.8) is 0 Å². The zero-order valence-corrected chi connectivity index (χ0v) is 19.2. The van der Waals surface area contributed by atoms with Gasteiger partial charge in [-0.2, -0.15) is 0 Å². The predicted molar refractivity (Wildman–Crippen MR) is 121 cm³/mol. The van der Waals surface area contributed by atoms with Gasteiger partial charge in [0.1, 0.15) is 11.5 Å². The van der Waals surface area contributed by atoms with Crippen LogP contribution in [0.5, 0.6) is 11.5 Å². The smallest absolute Gasteiger partial charge is 0.264 e. The molecule has 8 nitrogen and oxygen atoms in total. The first-order valence-electron chi connectivity index (χ1n) is 10.5. The van der Waals surface area contributed by atoms with Gasteiger partial charge in [0.05, 0.1) is 20.0 Å². The number of piperidine rings is 1. The molecule has 0 saturated carbocycles. The molecule has 1 aliphatic heterocycles. The maximum atomic E-state index is 13.3. The van der Waals surface area contributed by atoms with Crippen molar-refractivity contribution in [3.8, 4) is 11.5 Å². The van der Waals surface area contributed by atoms with Gasteiger partial charge in [-0.05, 0) is 54.7 Å². The largest absolute Gasteiger partial charge is 0.497 e. The van der Waals surface area contributed by atoms with E-state index in [9.17, 15) is 18.4 Å². The van der Waals surface area contributed by atoms with Crippen LogP contribution in [0.15, 0.2) is 48.5 Å². The molecule has 3 rings (SSSR count). The van der Waals surface area contributed by atoms with Gasteiger partial charge in [0.25, 0.3) is 5.91 Å². The Morgan fingerprint density at radius 1 is 0.969 bits per heavy atom. The van der Waals surface area contributed by atoms with Crippen molar-refractivity contribution in [1.29, 1.82) is 0 Å². The normalized spacial score (nSPS) is 16.3. The summed E-state index contributed by atoms with van der Waals surface area (Å²) in [4.78, 5) is 14.7. The Kier molecular flexibility index (Phi) is 7.76. The molecular weight excluding hydrogens is 432 g/mol. The summed E-state index contributed by atoms with van der Waals surface area (Å²) in [5.74, 6) is 0.282. The summed E-state index contributed by atoms with van der Waals surface area (Å²) in [5.41, 5.74) is 3.32. The van der Waals surface area contributed by atoms with E-state index in [0.29, 0.717) is 24.4 Å². The molecule has 1 fully saturated rings. The van der Waals surface area contributed by atoms with Crippen LogP contribution in [-0.4, -0.2) is 63.0 Å². The van der Waals surface area contributed by atoms with Crippen molar-refractivity contribution >= 4 is 15.7 Å². The molecule has 2 N–H and O–H groups in total. The highest BCUT2D eigenvalue weighted by molar-refractivity contribution is 7.92. The first-order chi connectivity index (χ1) is 15.3. The van der Waals surface area contributed by atoms with Crippen LogP contribution in [0.3, 0.4) is 0 Å². The molecule has 0 bridgehead atoms. The van der Waals surface area contributed by atoms with Gasteiger partial charge in [0.2, 0.25) is 0 Å². The van der Waals surface area contributed by atoms with E-state index in [1.54, 1.807) is 36.9 Å². The SMILES string of the molecule is COc1ccc(CCN2CCC(C(=O)NO)(S(=O)(=O)Cc3ccc(OC)cc3)CC2)cc1. The van der Waals surface area contributed by atoms with Gasteiger partial charge in [0.15, 0.2) is 14.6 Å². The number of hydroxylamine groups is 1. The first-order valence-corrected chi connectivity index (χ1v) is 12.1. The van der Waals surface area contributed by atoms with Gasteiger partial charge < -0.3 is 14.4 Å². The van der Waals surface area contributed by atoms with Gasteiger partial charge in [-0.15, -0.1) is 0 Å². The topological polar surface area (TPSA) is 105 Å². The Balaban J connectivity index is 1.67. The molecule has 174 valence electrons. The van der Waals surface area contributed by atoms with E-state index < -0.39 is 20.5 Å². The molecule has 0 aliphatic carbocycles. The van der Waals surface area contributed by atoms with Crippen LogP contribution in [0.1, 0.15) is 24.0 Å². The fourth-order valence-corrected chi connectivity index (χ4v) is 6.12. The minimum Gasteiger partial charge on any atom is -0.497 e. The fraction of sp³-hybridized carbons (Fsp3) is 0.435. The first kappa shape index (κ1) is 24.0. The zero-order valence-electron chi connectivity index (χ0n) is 18.4. The standard InChI is InChI=1S/C23H30N2O6S/c1-30-20-7-3-18(4-8-20)11-14-25-15-12-23(13-16-25,22(26)24-27)32(28,29)17-19-5-9-21(31-2)10-6-19/h3-10,27H,11-17H2,1-2H3,(H,24,26). The lowest BCUT2D eigenvalue weighted by molar-refractivity contribution is -0.133. The molecule has 2 aromatic rings. The molecule has 0 radical (unpaired) electrons. The van der Waals surface area contributed by atoms with Crippen LogP contribution >= 0.6 is 0 Å². The predicted octanol–water partition coefficient (Wildman–Crippen LogP) is 2.20. The van der Waals surface area contributed by atoms with Crippen molar-refractivity contribution in [3.05, 3.63) is 59.7 Å². The van der Waals surface area contributed by atoms with Crippen LogP contribution in [0.2, 0.25) is 0 Å². The lowest BCUT2D eigenvalue weighted by atomic mass is 9.94. The lowest BCUT2D eigenvalue weighted by Gasteiger charge is -2.39. The number of amides is 1. The Bertz CT molecular complexity index is 998. The maximum absolute atomic E-state index is 13.3. The second kappa shape index (κ2) is 10.3. The third-order valence-electron chi connectivity index (χ3n) is 6.17. The number of likely N-dealkylation sites (tertiary alicyclic amines) is 1. The van der Waals surface area contributed by atoms with E-state index in [1.807, 2.05) is 24.3 Å². The second-order valence-electron chi connectivity index (χ2n) is 7.98. The Labute approximate surface area is 189 Å². The van der Waals surface area contributed by atoms with Gasteiger partial charge in [-0.25, -0.2) is 13.9 Å². The van der Waals surface area contributed by atoms with Crippen molar-refractivity contribution in [1.82, 2.24) is 10.4 Å². The number of nitrogens with zero attached hydrogens (tertiary/aromatic N) is 1. The molecule has 1 saturated heterocycles. The quantitative estimate of drug-likeness (QED) is 0.435. The molecule has 0 spiro atoms. The van der Waals surface area contributed by atoms with Crippen molar-refractivity contribution in [2.75, 3.05) is 33.9 Å². The molecule has 1 heterocycles. The lowest BCUT2D eigenvalue weighted by Crippen LogP contribution is -2.58. The molecule has 32 heavy (non-hydrogen) atoms. The highest BCUT2D eigenvalue weighted by Crippen LogP contribution is 2.34. The molecule has 9 heteroatoms. The summed E-state index contributed by atoms with van der Waals surface area (Å²) in [6, 6.07) is 14.5. The van der Waals surface area contributed by atoms with Gasteiger partial charge in [-0.3, -0.25) is 10.0 Å². The number of hydrogen-bond donors (Lipinski definition) is 2. The van der Waals surface area contributed by atoms with Crippen molar-refractivity contribution in [2.45, 2.75) is 29.8 Å². The molecular formula is C23H30N2O6S. The zero-order chi connectivity index (χ0) is 23.2. The third-order valence-corrected chi connectivity index (χ3v) is 8.66. The van der Waals surface area contributed by atoms with Gasteiger partial charge in [-0.1, -0.05) is 24.3 Å². The van der Waals surface area contributed by atoms with Crippen LogP contribution in [0.4, 0.5) is 0 Å². The van der Waals surface area contributed by atoms with Crippen LogP contribution in [0.25, 0.3) is 0 Å². The van der Waals surface area contributed by atoms with E-state index in [1.165, 1.54) is 7.11 Å². The van der Waals surface area contributed by atoms with Gasteiger partial charge in [0, 0.05) is 19.6 Å². The molecule has 1 aliphatic rings. The summed E-state index contributed by atoms with van der Waals surface area (Å²) < 4.78 is 35.3. The van der Waals surface area contributed by atoms with Gasteiger partial charge >= 0.3 is 0 Å². The van der Waals surface area contributed by atoms with E-state index in [2.05, 4.69) is 4.90 Å². The van der Waals surface area contributed by atoms with Crippen LogP contribution in [-0.2, 0) is 26.8 Å². The highest BCUT2D eigenvalue weighted by Gasteiger charge is 2.51. The number of carbonyl (C=O) groups is 1. The average molecular weight is 463 g/mol. The van der Waals surface area contributed by atoms with Crippen LogP contribution < -0.4 is 15.0 Å². The van der Waals surface area contributed by atoms with Crippen molar-refractivity contribution in [2.24, 2.45) is 0 Å². The van der Waals surface area contributed by atoms with Crippen molar-refractivity contribution < 1.29 is 27.9 Å². The molecule has 1 amide bonds. The minimum atomic E-state index is -3.88. The summed E-state index contributed by atoms with van der Waals surface area (Å²) in [6.07, 6.45) is 1.06. The maximum Gasteiger partial charge on any atom is 0.264 e. The Morgan fingerprint density at radius 3 is 1.94 bits per heavy atom. The number of nitrogens with one attached hydrogen (secondary N) is 1. The molecule has 0 unspecified atom stereocenters. The van der Waals surface area contributed by atoms with Crippen LogP contribution in [0, 0.1) is 0 Å². The number of ether oxygens (including phenoxy) is 2. The highest BCUT2D eigenvalue weighted by atomic mass is 32.2. The summed E-state index contributed by atoms with van der Waals surface area (Å²) in [5, 5.41) is 9.31. The number of benzene rings is 2. The molecule has 0 aromatic heterocycles. The summed E-state index contributed by atoms with van der Waals surface area (Å²) >= 11 is 0. The van der Waals surface area contributed by atoms with E-state index >= 15 is 0 Å². The number of carbonyl (C=O) groups excluding carboxylic acids is 1. The Hall–Kier alpha value is -2.62. The summed E-state index contributed by atoms with van der Waals surface area (Å²) in [7, 11) is -0.719. The number of rotatable bonds is 9. The van der Waals surface area contributed by atoms with E-state index in [-0.39, 0.29) is 18.6 Å². The summed E-state index contributed by atoms with van der Waals surface area (Å²) in [6.45, 7) is 1.65. The third kappa shape index (κ3) is 5.23. The second-order valence-corrected chi connectivity index (χ2v) is 10.3. The molecule has 0 atom stereocenters. The number of methoxy groups -OCH3 is 2. The van der Waals surface area contributed by atoms with E-state index in [0.717, 1.165) is 24.3 Å². The number of hydrogen-bond acceptors (Lipinski definition) is 7. The monoisotopic (exact) mass is 462 g/mol. The Morgan fingerprint density at radius 2 is 1.47 bits per heavy atom. The fourth-order valence-electron chi connectivity index (χ4n) is 4.08. The van der Waals surface area contributed by atoms with E-state index in [4.69, 9.17) is 9.47 Å². The molecule has 2 aromatic carbocycles. The number of sulfone groups is 1.